The van der Waals surface area contributed by atoms with Crippen molar-refractivity contribution >= 4 is 0 Å². The monoisotopic (exact) mass is 276 g/mol. The summed E-state index contributed by atoms with van der Waals surface area (Å²) < 4.78 is 6.24. The van der Waals surface area contributed by atoms with E-state index in [0.29, 0.717) is 0 Å². The van der Waals surface area contributed by atoms with E-state index < -0.39 is 0 Å². The van der Waals surface area contributed by atoms with Gasteiger partial charge in [0.25, 0.3) is 0 Å². The second-order valence-corrected chi connectivity index (χ2v) is 6.14. The predicted octanol–water partition coefficient (Wildman–Crippen LogP) is 3.48. The summed E-state index contributed by atoms with van der Waals surface area (Å²) in [4.78, 5) is 0. The van der Waals surface area contributed by atoms with Crippen molar-refractivity contribution in [1.29, 1.82) is 0 Å². The fraction of sp³-hybridized carbons (Fsp3) is 0.647. The third-order valence-corrected chi connectivity index (χ3v) is 4.74. The zero-order valence-electron chi connectivity index (χ0n) is 13.0. The zero-order valence-corrected chi connectivity index (χ0v) is 13.0. The molecule has 112 valence electrons. The first-order chi connectivity index (χ1) is 9.63. The summed E-state index contributed by atoms with van der Waals surface area (Å²) in [6.45, 7) is 7.28. The van der Waals surface area contributed by atoms with Crippen LogP contribution in [0.4, 0.5) is 0 Å². The maximum absolute atomic E-state index is 6.24. The molecule has 1 aromatic rings. The molecule has 3 heteroatoms. The molecule has 0 bridgehead atoms. The molecular weight excluding hydrogens is 248 g/mol. The van der Waals surface area contributed by atoms with E-state index in [0.717, 1.165) is 25.4 Å². The van der Waals surface area contributed by atoms with E-state index in [4.69, 9.17) is 10.6 Å². The fourth-order valence-corrected chi connectivity index (χ4v) is 3.49. The molecule has 0 amide bonds. The van der Waals surface area contributed by atoms with Crippen molar-refractivity contribution in [3.8, 4) is 0 Å². The van der Waals surface area contributed by atoms with Crippen LogP contribution in [0.15, 0.2) is 24.3 Å². The fourth-order valence-electron chi connectivity index (χ4n) is 3.49. The van der Waals surface area contributed by atoms with Crippen LogP contribution in [0.3, 0.4) is 0 Å². The minimum Gasteiger partial charge on any atom is -0.373 e. The molecule has 1 fully saturated rings. The number of hydrazine groups is 1. The maximum atomic E-state index is 6.24. The van der Waals surface area contributed by atoms with Gasteiger partial charge >= 0.3 is 0 Å². The Morgan fingerprint density at radius 3 is 2.55 bits per heavy atom. The van der Waals surface area contributed by atoms with Crippen LogP contribution in [-0.2, 0) is 4.74 Å². The molecule has 20 heavy (non-hydrogen) atoms. The first-order valence-corrected chi connectivity index (χ1v) is 7.78. The molecule has 3 N–H and O–H groups in total. The Morgan fingerprint density at radius 2 is 2.00 bits per heavy atom. The first kappa shape index (κ1) is 15.5. The standard InChI is InChI=1S/C17H28N2O/c1-4-20-17(11-9-13(2)10-12-17)16(19-18)15-8-6-5-7-14(15)3/h5-8,13,16,19H,4,9-12,18H2,1-3H3. The zero-order chi connectivity index (χ0) is 14.6. The van der Waals surface area contributed by atoms with Gasteiger partial charge in [0.1, 0.15) is 0 Å². The molecule has 2 rings (SSSR count). The molecule has 0 saturated heterocycles. The van der Waals surface area contributed by atoms with E-state index in [1.165, 1.54) is 24.0 Å². The lowest BCUT2D eigenvalue weighted by atomic mass is 9.73. The lowest BCUT2D eigenvalue weighted by molar-refractivity contribution is -0.0978. The van der Waals surface area contributed by atoms with Crippen molar-refractivity contribution in [1.82, 2.24) is 5.43 Å². The highest BCUT2D eigenvalue weighted by Gasteiger charge is 2.42. The largest absolute Gasteiger partial charge is 0.373 e. The third-order valence-electron chi connectivity index (χ3n) is 4.74. The molecule has 0 aliphatic heterocycles. The molecule has 1 aliphatic rings. The Morgan fingerprint density at radius 1 is 1.35 bits per heavy atom. The van der Waals surface area contributed by atoms with E-state index in [-0.39, 0.29) is 11.6 Å². The van der Waals surface area contributed by atoms with Gasteiger partial charge in [0, 0.05) is 6.61 Å². The predicted molar refractivity (Wildman–Crippen MR) is 83.2 cm³/mol. The Labute approximate surface area is 122 Å². The minimum absolute atomic E-state index is 0.0659. The van der Waals surface area contributed by atoms with E-state index in [1.54, 1.807) is 0 Å². The number of nitrogens with two attached hydrogens (primary N) is 1. The van der Waals surface area contributed by atoms with E-state index in [2.05, 4.69) is 50.5 Å². The van der Waals surface area contributed by atoms with Crippen LogP contribution in [0.5, 0.6) is 0 Å². The summed E-state index contributed by atoms with van der Waals surface area (Å²) >= 11 is 0. The number of hydrogen-bond donors (Lipinski definition) is 2. The number of aryl methyl sites for hydroxylation is 1. The summed E-state index contributed by atoms with van der Waals surface area (Å²) in [7, 11) is 0. The maximum Gasteiger partial charge on any atom is 0.0889 e. The van der Waals surface area contributed by atoms with Gasteiger partial charge in [0.05, 0.1) is 11.6 Å². The van der Waals surface area contributed by atoms with Gasteiger partial charge in [-0.1, -0.05) is 31.2 Å². The van der Waals surface area contributed by atoms with Crippen molar-refractivity contribution in [2.24, 2.45) is 11.8 Å². The van der Waals surface area contributed by atoms with Crippen molar-refractivity contribution < 1.29 is 4.74 Å². The number of rotatable bonds is 5. The molecular formula is C17H28N2O. The van der Waals surface area contributed by atoms with E-state index >= 15 is 0 Å². The van der Waals surface area contributed by atoms with Gasteiger partial charge in [-0.05, 0) is 56.6 Å². The molecule has 1 aromatic carbocycles. The quantitative estimate of drug-likeness (QED) is 0.639. The molecule has 0 spiro atoms. The highest BCUT2D eigenvalue weighted by Crippen LogP contribution is 2.43. The smallest absolute Gasteiger partial charge is 0.0889 e. The van der Waals surface area contributed by atoms with Crippen LogP contribution in [0, 0.1) is 12.8 Å². The summed E-state index contributed by atoms with van der Waals surface area (Å²) in [5.41, 5.74) is 5.41. The SMILES string of the molecule is CCOC1(C(NN)c2ccccc2C)CCC(C)CC1. The molecule has 1 unspecified atom stereocenters. The average Bonchev–Trinajstić information content (AvgIpc) is 2.45. The second kappa shape index (κ2) is 6.70. The van der Waals surface area contributed by atoms with Crippen molar-refractivity contribution in [3.05, 3.63) is 35.4 Å². The Bertz CT molecular complexity index is 425. The van der Waals surface area contributed by atoms with E-state index in [1.807, 2.05) is 0 Å². The summed E-state index contributed by atoms with van der Waals surface area (Å²) in [6.07, 6.45) is 4.57. The number of nitrogens with one attached hydrogen (secondary N) is 1. The average molecular weight is 276 g/mol. The lowest BCUT2D eigenvalue weighted by Gasteiger charge is -2.45. The van der Waals surface area contributed by atoms with Gasteiger partial charge in [-0.2, -0.15) is 0 Å². The molecule has 3 nitrogen and oxygen atoms in total. The second-order valence-electron chi connectivity index (χ2n) is 6.14. The molecule has 0 radical (unpaired) electrons. The number of hydrogen-bond acceptors (Lipinski definition) is 3. The van der Waals surface area contributed by atoms with Crippen LogP contribution >= 0.6 is 0 Å². The van der Waals surface area contributed by atoms with Crippen LogP contribution < -0.4 is 11.3 Å². The lowest BCUT2D eigenvalue weighted by Crippen LogP contribution is -2.50. The van der Waals surface area contributed by atoms with Gasteiger partial charge in [0.2, 0.25) is 0 Å². The molecule has 1 atom stereocenters. The van der Waals surface area contributed by atoms with Gasteiger partial charge in [-0.15, -0.1) is 0 Å². The highest BCUT2D eigenvalue weighted by molar-refractivity contribution is 5.31. The number of benzene rings is 1. The summed E-state index contributed by atoms with van der Waals surface area (Å²) in [5, 5.41) is 0. The molecule has 1 aliphatic carbocycles. The molecule has 1 saturated carbocycles. The van der Waals surface area contributed by atoms with Gasteiger partial charge in [-0.3, -0.25) is 11.3 Å². The summed E-state index contributed by atoms with van der Waals surface area (Å²) in [5.74, 6) is 6.72. The van der Waals surface area contributed by atoms with Crippen LogP contribution in [-0.4, -0.2) is 12.2 Å². The molecule has 0 aromatic heterocycles. The Balaban J connectivity index is 2.33. The van der Waals surface area contributed by atoms with Crippen molar-refractivity contribution in [2.75, 3.05) is 6.61 Å². The normalized spacial score (nSPS) is 28.3. The van der Waals surface area contributed by atoms with Gasteiger partial charge < -0.3 is 4.74 Å². The van der Waals surface area contributed by atoms with Gasteiger partial charge in [-0.25, -0.2) is 0 Å². The number of ether oxygens (including phenoxy) is 1. The Kier molecular flexibility index (Phi) is 5.19. The first-order valence-electron chi connectivity index (χ1n) is 7.78. The van der Waals surface area contributed by atoms with Crippen molar-refractivity contribution in [2.45, 2.75) is 58.1 Å². The van der Waals surface area contributed by atoms with Gasteiger partial charge in [0.15, 0.2) is 0 Å². The molecule has 0 heterocycles. The van der Waals surface area contributed by atoms with Crippen LogP contribution in [0.1, 0.15) is 56.7 Å². The topological polar surface area (TPSA) is 47.3 Å². The van der Waals surface area contributed by atoms with E-state index in [9.17, 15) is 0 Å². The highest BCUT2D eigenvalue weighted by atomic mass is 16.5. The Hall–Kier alpha value is -0.900. The van der Waals surface area contributed by atoms with Crippen molar-refractivity contribution in [3.63, 3.8) is 0 Å². The van der Waals surface area contributed by atoms with Crippen LogP contribution in [0.25, 0.3) is 0 Å². The third kappa shape index (κ3) is 3.05. The van der Waals surface area contributed by atoms with Crippen LogP contribution in [0.2, 0.25) is 0 Å². The summed E-state index contributed by atoms with van der Waals surface area (Å²) in [6, 6.07) is 8.53. The minimum atomic E-state index is -0.165.